The lowest BCUT2D eigenvalue weighted by Crippen LogP contribution is -2.48. The van der Waals surface area contributed by atoms with Crippen molar-refractivity contribution in [1.82, 2.24) is 15.6 Å². The smallest absolute Gasteiger partial charge is 0.262 e. The fourth-order valence-corrected chi connectivity index (χ4v) is 3.55. The third-order valence-electron chi connectivity index (χ3n) is 5.30. The molecule has 0 spiro atoms. The van der Waals surface area contributed by atoms with Crippen LogP contribution >= 0.6 is 11.6 Å². The Morgan fingerprint density at radius 2 is 1.89 bits per heavy atom. The van der Waals surface area contributed by atoms with E-state index in [9.17, 15) is 14.4 Å². The molecule has 0 radical (unpaired) electrons. The Kier molecular flexibility index (Phi) is 9.63. The number of carbonyl (C=O) groups is 3. The molecule has 1 heterocycles. The minimum atomic E-state index is -0.792. The van der Waals surface area contributed by atoms with E-state index in [2.05, 4.69) is 15.8 Å². The normalized spacial score (nSPS) is 14.6. The first kappa shape index (κ1) is 26.2. The fraction of sp³-hybridized carbons (Fsp3) is 0.360. The second-order valence-corrected chi connectivity index (χ2v) is 8.73. The Hall–Kier alpha value is -3.43. The highest BCUT2D eigenvalue weighted by atomic mass is 35.5. The summed E-state index contributed by atoms with van der Waals surface area (Å²) >= 11 is 5.95. The van der Waals surface area contributed by atoms with Crippen molar-refractivity contribution in [1.29, 1.82) is 0 Å². The number of amides is 3. The predicted molar refractivity (Wildman–Crippen MR) is 133 cm³/mol. The molecule has 0 aromatic heterocycles. The van der Waals surface area contributed by atoms with E-state index in [-0.39, 0.29) is 18.4 Å². The van der Waals surface area contributed by atoms with Crippen LogP contribution < -0.4 is 15.5 Å². The number of rotatable bonds is 9. The maximum atomic E-state index is 12.7. The van der Waals surface area contributed by atoms with E-state index >= 15 is 0 Å². The van der Waals surface area contributed by atoms with Crippen molar-refractivity contribution in [2.24, 2.45) is 11.0 Å². The highest BCUT2D eigenvalue weighted by Crippen LogP contribution is 2.13. The molecule has 3 rings (SSSR count). The van der Waals surface area contributed by atoms with Gasteiger partial charge in [0.2, 0.25) is 0 Å². The molecule has 0 bridgehead atoms. The zero-order valence-electron chi connectivity index (χ0n) is 19.7. The first-order chi connectivity index (χ1) is 16.8. The van der Waals surface area contributed by atoms with Crippen LogP contribution in [0.3, 0.4) is 0 Å². The Balaban J connectivity index is 1.53. The first-order valence-corrected chi connectivity index (χ1v) is 11.7. The van der Waals surface area contributed by atoms with Gasteiger partial charge < -0.3 is 19.7 Å². The van der Waals surface area contributed by atoms with Gasteiger partial charge in [-0.1, -0.05) is 43.6 Å². The third kappa shape index (κ3) is 8.08. The van der Waals surface area contributed by atoms with Gasteiger partial charge in [0.1, 0.15) is 11.8 Å². The van der Waals surface area contributed by atoms with E-state index in [0.29, 0.717) is 48.2 Å². The molecule has 2 N–H and O–H groups in total. The van der Waals surface area contributed by atoms with Crippen molar-refractivity contribution in [2.75, 3.05) is 32.9 Å². The van der Waals surface area contributed by atoms with Crippen LogP contribution in [0.1, 0.15) is 29.8 Å². The highest BCUT2D eigenvalue weighted by Gasteiger charge is 2.24. The van der Waals surface area contributed by atoms with Crippen LogP contribution in [-0.4, -0.2) is 67.8 Å². The van der Waals surface area contributed by atoms with Crippen molar-refractivity contribution in [3.8, 4) is 5.75 Å². The molecule has 35 heavy (non-hydrogen) atoms. The molecular formula is C25H29ClN4O5. The molecule has 1 aliphatic rings. The molecule has 1 unspecified atom stereocenters. The number of ether oxygens (including phenoxy) is 2. The van der Waals surface area contributed by atoms with Crippen LogP contribution in [0, 0.1) is 5.92 Å². The lowest BCUT2D eigenvalue weighted by molar-refractivity contribution is -0.137. The Bertz CT molecular complexity index is 1070. The summed E-state index contributed by atoms with van der Waals surface area (Å²) in [5.41, 5.74) is 3.51. The number of halogens is 1. The maximum Gasteiger partial charge on any atom is 0.262 e. The van der Waals surface area contributed by atoms with Crippen molar-refractivity contribution in [3.63, 3.8) is 0 Å². The van der Waals surface area contributed by atoms with Crippen LogP contribution in [0.5, 0.6) is 5.75 Å². The first-order valence-electron chi connectivity index (χ1n) is 11.3. The molecule has 10 heteroatoms. The summed E-state index contributed by atoms with van der Waals surface area (Å²) in [5, 5.41) is 7.17. The van der Waals surface area contributed by atoms with Gasteiger partial charge in [-0.05, 0) is 41.8 Å². The number of carbonyl (C=O) groups excluding carboxylic acids is 3. The number of hydrogen-bond donors (Lipinski definition) is 2. The SMILES string of the molecule is CC(C)C(NC(=O)c1cccc(Cl)c1)C(=O)NN=Cc1cccc(OCC(=O)N2CCOCC2)c1. The van der Waals surface area contributed by atoms with Gasteiger partial charge in [-0.15, -0.1) is 0 Å². The maximum absolute atomic E-state index is 12.7. The summed E-state index contributed by atoms with van der Waals surface area (Å²) < 4.78 is 10.9. The summed E-state index contributed by atoms with van der Waals surface area (Å²) in [6.07, 6.45) is 1.46. The summed E-state index contributed by atoms with van der Waals surface area (Å²) in [5.74, 6) is -0.610. The van der Waals surface area contributed by atoms with Gasteiger partial charge in [0.05, 0.1) is 19.4 Å². The van der Waals surface area contributed by atoms with Crippen LogP contribution in [0.15, 0.2) is 53.6 Å². The van der Waals surface area contributed by atoms with Crippen LogP contribution in [0.2, 0.25) is 5.02 Å². The van der Waals surface area contributed by atoms with Gasteiger partial charge in [-0.3, -0.25) is 14.4 Å². The molecule has 0 aliphatic carbocycles. The van der Waals surface area contributed by atoms with Gasteiger partial charge >= 0.3 is 0 Å². The molecular weight excluding hydrogens is 472 g/mol. The minimum absolute atomic E-state index is 0.0697. The number of hydrazone groups is 1. The second-order valence-electron chi connectivity index (χ2n) is 8.29. The minimum Gasteiger partial charge on any atom is -0.484 e. The van der Waals surface area contributed by atoms with E-state index in [1.54, 1.807) is 47.4 Å². The average Bonchev–Trinajstić information content (AvgIpc) is 2.86. The van der Waals surface area contributed by atoms with E-state index in [4.69, 9.17) is 21.1 Å². The van der Waals surface area contributed by atoms with Crippen LogP contribution in [0.25, 0.3) is 0 Å². The molecule has 1 saturated heterocycles. The molecule has 1 aliphatic heterocycles. The molecule has 2 aromatic carbocycles. The second kappa shape index (κ2) is 12.9. The Morgan fingerprint density at radius 1 is 1.14 bits per heavy atom. The zero-order chi connectivity index (χ0) is 25.2. The Morgan fingerprint density at radius 3 is 2.60 bits per heavy atom. The lowest BCUT2D eigenvalue weighted by Gasteiger charge is -2.26. The van der Waals surface area contributed by atoms with E-state index in [1.165, 1.54) is 12.3 Å². The van der Waals surface area contributed by atoms with E-state index in [0.717, 1.165) is 0 Å². The van der Waals surface area contributed by atoms with Crippen molar-refractivity contribution < 1.29 is 23.9 Å². The molecule has 0 saturated carbocycles. The molecule has 9 nitrogen and oxygen atoms in total. The van der Waals surface area contributed by atoms with Crippen molar-refractivity contribution >= 4 is 35.5 Å². The molecule has 186 valence electrons. The quantitative estimate of drug-likeness (QED) is 0.406. The number of benzene rings is 2. The third-order valence-corrected chi connectivity index (χ3v) is 5.53. The van der Waals surface area contributed by atoms with Crippen LogP contribution in [-0.2, 0) is 14.3 Å². The van der Waals surface area contributed by atoms with Crippen molar-refractivity contribution in [3.05, 3.63) is 64.7 Å². The van der Waals surface area contributed by atoms with Crippen molar-refractivity contribution in [2.45, 2.75) is 19.9 Å². The van der Waals surface area contributed by atoms with Gasteiger partial charge in [0.25, 0.3) is 17.7 Å². The molecule has 1 fully saturated rings. The average molecular weight is 501 g/mol. The highest BCUT2D eigenvalue weighted by molar-refractivity contribution is 6.31. The summed E-state index contributed by atoms with van der Waals surface area (Å²) in [7, 11) is 0. The summed E-state index contributed by atoms with van der Waals surface area (Å²) in [4.78, 5) is 39.1. The van der Waals surface area contributed by atoms with Gasteiger partial charge in [0, 0.05) is 23.7 Å². The van der Waals surface area contributed by atoms with E-state index in [1.807, 2.05) is 13.8 Å². The predicted octanol–water partition coefficient (Wildman–Crippen LogP) is 2.48. The van der Waals surface area contributed by atoms with Gasteiger partial charge in [-0.25, -0.2) is 5.43 Å². The number of hydrogen-bond acceptors (Lipinski definition) is 6. The van der Waals surface area contributed by atoms with Crippen LogP contribution in [0.4, 0.5) is 0 Å². The lowest BCUT2D eigenvalue weighted by atomic mass is 10.0. The zero-order valence-corrected chi connectivity index (χ0v) is 20.5. The Labute approximate surface area is 209 Å². The molecule has 2 aromatic rings. The number of nitrogens with zero attached hydrogens (tertiary/aromatic N) is 2. The fourth-order valence-electron chi connectivity index (χ4n) is 3.36. The monoisotopic (exact) mass is 500 g/mol. The molecule has 1 atom stereocenters. The van der Waals surface area contributed by atoms with Gasteiger partial charge in [0.15, 0.2) is 6.61 Å². The number of morpholine rings is 1. The van der Waals surface area contributed by atoms with E-state index < -0.39 is 17.9 Å². The number of nitrogens with one attached hydrogen (secondary N) is 2. The topological polar surface area (TPSA) is 109 Å². The standard InChI is InChI=1S/C25H29ClN4O5/c1-17(2)23(28-24(32)19-6-4-7-20(26)14-19)25(33)29-27-15-18-5-3-8-21(13-18)35-16-22(31)30-9-11-34-12-10-30/h3-8,13-15,17,23H,9-12,16H2,1-2H3,(H,28,32)(H,29,33). The summed E-state index contributed by atoms with van der Waals surface area (Å²) in [6, 6.07) is 12.7. The van der Waals surface area contributed by atoms with Gasteiger partial charge in [-0.2, -0.15) is 5.10 Å². The largest absolute Gasteiger partial charge is 0.484 e. The molecule has 3 amide bonds. The summed E-state index contributed by atoms with van der Waals surface area (Å²) in [6.45, 7) is 5.77.